The largest absolute Gasteiger partial charge is 0.497 e. The summed E-state index contributed by atoms with van der Waals surface area (Å²) in [4.78, 5) is 3.02. The van der Waals surface area contributed by atoms with Crippen LogP contribution in [0.15, 0.2) is 83.8 Å². The van der Waals surface area contributed by atoms with Crippen LogP contribution in [-0.4, -0.2) is 45.6 Å². The Morgan fingerprint density at radius 2 is 1.46 bits per heavy atom. The second-order valence-electron chi connectivity index (χ2n) is 10.4. The van der Waals surface area contributed by atoms with Crippen molar-refractivity contribution in [1.82, 2.24) is 4.90 Å². The highest BCUT2D eigenvalue weighted by Crippen LogP contribution is 2.39. The molecule has 2 atom stereocenters. The molecule has 0 radical (unpaired) electrons. The number of hydrogen-bond donors (Lipinski definition) is 0. The standard InChI is InChI=1S/C31H38N2O3S/c1-24-10-6-9-15-31(24)37(34,35)33(26-16-18-28(36-2)19-17-26)27-20-22-32(23-21-27)30-14-8-7-13-29(30)25-11-4-3-5-12-25/h3-6,9-12,15-19,27,29-30H,7-8,13-14,20-23H2,1-2H3. The molecule has 196 valence electrons. The molecule has 0 aromatic heterocycles. The molecule has 1 aliphatic heterocycles. The van der Waals surface area contributed by atoms with Crippen molar-refractivity contribution in [3.63, 3.8) is 0 Å². The van der Waals surface area contributed by atoms with Crippen molar-refractivity contribution in [3.8, 4) is 5.75 Å². The van der Waals surface area contributed by atoms with E-state index in [1.165, 1.54) is 31.2 Å². The van der Waals surface area contributed by atoms with E-state index in [1.54, 1.807) is 17.5 Å². The van der Waals surface area contributed by atoms with Gasteiger partial charge in [0, 0.05) is 25.2 Å². The van der Waals surface area contributed by atoms with Crippen LogP contribution in [0.5, 0.6) is 5.75 Å². The van der Waals surface area contributed by atoms with Gasteiger partial charge in [0.15, 0.2) is 0 Å². The number of rotatable bonds is 7. The zero-order chi connectivity index (χ0) is 25.8. The van der Waals surface area contributed by atoms with Crippen LogP contribution in [0.2, 0.25) is 0 Å². The first-order valence-electron chi connectivity index (χ1n) is 13.5. The maximum absolute atomic E-state index is 14.1. The molecular weight excluding hydrogens is 480 g/mol. The summed E-state index contributed by atoms with van der Waals surface area (Å²) in [7, 11) is -2.10. The van der Waals surface area contributed by atoms with Crippen LogP contribution in [0.4, 0.5) is 5.69 Å². The zero-order valence-electron chi connectivity index (χ0n) is 21.9. The predicted molar refractivity (Wildman–Crippen MR) is 150 cm³/mol. The molecule has 1 aliphatic carbocycles. The molecule has 0 amide bonds. The summed E-state index contributed by atoms with van der Waals surface area (Å²) in [5.74, 6) is 1.27. The summed E-state index contributed by atoms with van der Waals surface area (Å²) in [5, 5.41) is 0. The van der Waals surface area contributed by atoms with Crippen molar-refractivity contribution in [2.75, 3.05) is 24.5 Å². The highest BCUT2D eigenvalue weighted by molar-refractivity contribution is 7.93. The van der Waals surface area contributed by atoms with Gasteiger partial charge < -0.3 is 4.74 Å². The lowest BCUT2D eigenvalue weighted by Gasteiger charge is -2.45. The molecule has 2 unspecified atom stereocenters. The normalized spacial score (nSPS) is 21.5. The minimum atomic E-state index is -3.73. The molecule has 37 heavy (non-hydrogen) atoms. The van der Waals surface area contributed by atoms with E-state index in [2.05, 4.69) is 35.2 Å². The van der Waals surface area contributed by atoms with E-state index in [0.717, 1.165) is 37.2 Å². The minimum absolute atomic E-state index is 0.0898. The molecule has 3 aromatic carbocycles. The van der Waals surface area contributed by atoms with Crippen molar-refractivity contribution in [1.29, 1.82) is 0 Å². The Bertz CT molecular complexity index is 1270. The van der Waals surface area contributed by atoms with Crippen LogP contribution in [0, 0.1) is 6.92 Å². The van der Waals surface area contributed by atoms with E-state index in [0.29, 0.717) is 22.5 Å². The van der Waals surface area contributed by atoms with E-state index in [9.17, 15) is 8.42 Å². The third kappa shape index (κ3) is 5.41. The number of piperidine rings is 1. The Hall–Kier alpha value is -2.83. The number of hydrogen-bond acceptors (Lipinski definition) is 4. The lowest BCUT2D eigenvalue weighted by Crippen LogP contribution is -2.51. The third-order valence-electron chi connectivity index (χ3n) is 8.21. The fourth-order valence-electron chi connectivity index (χ4n) is 6.32. The van der Waals surface area contributed by atoms with Crippen molar-refractivity contribution in [2.45, 2.75) is 68.3 Å². The van der Waals surface area contributed by atoms with Gasteiger partial charge in [-0.1, -0.05) is 61.4 Å². The summed E-state index contributed by atoms with van der Waals surface area (Å²) < 4.78 is 35.2. The van der Waals surface area contributed by atoms with Crippen molar-refractivity contribution >= 4 is 15.7 Å². The number of aryl methyl sites for hydroxylation is 1. The molecule has 2 fully saturated rings. The number of ether oxygens (including phenoxy) is 1. The number of nitrogens with zero attached hydrogens (tertiary/aromatic N) is 2. The van der Waals surface area contributed by atoms with Gasteiger partial charge in [-0.2, -0.15) is 0 Å². The quantitative estimate of drug-likeness (QED) is 0.364. The molecule has 3 aromatic rings. The van der Waals surface area contributed by atoms with Crippen LogP contribution in [0.1, 0.15) is 55.6 Å². The summed E-state index contributed by atoms with van der Waals surface area (Å²) in [6.45, 7) is 3.69. The summed E-state index contributed by atoms with van der Waals surface area (Å²) in [6, 6.07) is 26.1. The molecule has 2 aliphatic rings. The molecular formula is C31H38N2O3S. The van der Waals surface area contributed by atoms with Gasteiger partial charge >= 0.3 is 0 Å². The Labute approximate surface area is 222 Å². The molecule has 0 bridgehead atoms. The van der Waals surface area contributed by atoms with E-state index in [-0.39, 0.29) is 6.04 Å². The SMILES string of the molecule is COc1ccc(N(C2CCN(C3CCCCC3c3ccccc3)CC2)S(=O)(=O)c2ccccc2C)cc1. The second kappa shape index (κ2) is 11.3. The maximum Gasteiger partial charge on any atom is 0.264 e. The molecule has 0 spiro atoms. The first-order chi connectivity index (χ1) is 18.0. The van der Waals surface area contributed by atoms with E-state index in [4.69, 9.17) is 4.74 Å². The van der Waals surface area contributed by atoms with E-state index >= 15 is 0 Å². The third-order valence-corrected chi connectivity index (χ3v) is 10.3. The highest BCUT2D eigenvalue weighted by atomic mass is 32.2. The second-order valence-corrected chi connectivity index (χ2v) is 12.2. The summed E-state index contributed by atoms with van der Waals surface area (Å²) >= 11 is 0. The lowest BCUT2D eigenvalue weighted by molar-refractivity contribution is 0.107. The van der Waals surface area contributed by atoms with Crippen LogP contribution in [0.3, 0.4) is 0 Å². The van der Waals surface area contributed by atoms with Crippen LogP contribution in [0.25, 0.3) is 0 Å². The van der Waals surface area contributed by atoms with Crippen LogP contribution < -0.4 is 9.04 Å². The molecule has 1 saturated heterocycles. The molecule has 0 N–H and O–H groups in total. The van der Waals surface area contributed by atoms with Gasteiger partial charge in [0.05, 0.1) is 17.7 Å². The first-order valence-corrected chi connectivity index (χ1v) is 15.0. The Morgan fingerprint density at radius 1 is 0.811 bits per heavy atom. The van der Waals surface area contributed by atoms with Crippen LogP contribution >= 0.6 is 0 Å². The van der Waals surface area contributed by atoms with Gasteiger partial charge in [-0.05, 0) is 80.0 Å². The smallest absolute Gasteiger partial charge is 0.264 e. The Balaban J connectivity index is 1.40. The molecule has 5 nitrogen and oxygen atoms in total. The maximum atomic E-state index is 14.1. The number of benzene rings is 3. The van der Waals surface area contributed by atoms with E-state index < -0.39 is 10.0 Å². The Kier molecular flexibility index (Phi) is 7.87. The van der Waals surface area contributed by atoms with Gasteiger partial charge in [-0.25, -0.2) is 8.42 Å². The summed E-state index contributed by atoms with van der Waals surface area (Å²) in [6.07, 6.45) is 6.63. The van der Waals surface area contributed by atoms with Crippen molar-refractivity contribution in [2.24, 2.45) is 0 Å². The van der Waals surface area contributed by atoms with Gasteiger partial charge in [-0.3, -0.25) is 9.21 Å². The minimum Gasteiger partial charge on any atom is -0.497 e. The fraction of sp³-hybridized carbons (Fsp3) is 0.419. The first kappa shape index (κ1) is 25.8. The van der Waals surface area contributed by atoms with Gasteiger partial charge in [0.25, 0.3) is 10.0 Å². The average Bonchev–Trinajstić information content (AvgIpc) is 2.94. The van der Waals surface area contributed by atoms with E-state index in [1.807, 2.05) is 49.4 Å². The lowest BCUT2D eigenvalue weighted by atomic mass is 9.78. The zero-order valence-corrected chi connectivity index (χ0v) is 22.7. The molecule has 1 saturated carbocycles. The number of methoxy groups -OCH3 is 1. The molecule has 5 rings (SSSR count). The van der Waals surface area contributed by atoms with Gasteiger partial charge in [0.1, 0.15) is 5.75 Å². The monoisotopic (exact) mass is 518 g/mol. The van der Waals surface area contributed by atoms with Crippen molar-refractivity contribution < 1.29 is 13.2 Å². The van der Waals surface area contributed by atoms with Gasteiger partial charge in [-0.15, -0.1) is 0 Å². The topological polar surface area (TPSA) is 49.9 Å². The fourth-order valence-corrected chi connectivity index (χ4v) is 8.26. The number of anilines is 1. The van der Waals surface area contributed by atoms with Gasteiger partial charge in [0.2, 0.25) is 0 Å². The predicted octanol–water partition coefficient (Wildman–Crippen LogP) is 6.39. The molecule has 6 heteroatoms. The number of likely N-dealkylation sites (tertiary alicyclic amines) is 1. The average molecular weight is 519 g/mol. The van der Waals surface area contributed by atoms with Crippen LogP contribution in [-0.2, 0) is 10.0 Å². The summed E-state index contributed by atoms with van der Waals surface area (Å²) in [5.41, 5.74) is 2.91. The molecule has 1 heterocycles. The van der Waals surface area contributed by atoms with Crippen molar-refractivity contribution in [3.05, 3.63) is 90.0 Å². The Morgan fingerprint density at radius 3 is 2.14 bits per heavy atom. The number of sulfonamides is 1. The highest BCUT2D eigenvalue weighted by Gasteiger charge is 2.38.